The summed E-state index contributed by atoms with van der Waals surface area (Å²) < 4.78 is 26.5. The second-order valence-corrected chi connectivity index (χ2v) is 6.64. The molecule has 2 aromatic rings. The average molecular weight is 388 g/mol. The van der Waals surface area contributed by atoms with Crippen LogP contribution in [0.2, 0.25) is 0 Å². The molecule has 0 spiro atoms. The van der Waals surface area contributed by atoms with Crippen LogP contribution in [0.5, 0.6) is 0 Å². The molecule has 2 heterocycles. The van der Waals surface area contributed by atoms with Gasteiger partial charge in [0.1, 0.15) is 11.6 Å². The van der Waals surface area contributed by atoms with Crippen LogP contribution in [0.4, 0.5) is 8.78 Å². The largest absolute Gasteiger partial charge is 0.351 e. The Balaban J connectivity index is 1.39. The summed E-state index contributed by atoms with van der Waals surface area (Å²) in [6.07, 6.45) is 3.67. The summed E-state index contributed by atoms with van der Waals surface area (Å²) in [4.78, 5) is 32.3. The molecule has 0 saturated carbocycles. The molecule has 1 aliphatic rings. The van der Waals surface area contributed by atoms with Crippen molar-refractivity contribution in [3.63, 3.8) is 0 Å². The maximum Gasteiger partial charge on any atom is 0.254 e. The summed E-state index contributed by atoms with van der Waals surface area (Å²) in [5.41, 5.74) is 0.948. The van der Waals surface area contributed by atoms with Gasteiger partial charge in [0.25, 0.3) is 5.91 Å². The molecule has 8 heteroatoms. The minimum absolute atomic E-state index is 0.0524. The summed E-state index contributed by atoms with van der Waals surface area (Å²) in [5, 5.41) is 2.51. The third kappa shape index (κ3) is 5.32. The molecule has 0 radical (unpaired) electrons. The first-order valence-corrected chi connectivity index (χ1v) is 9.15. The molecule has 0 atom stereocenters. The van der Waals surface area contributed by atoms with Crippen molar-refractivity contribution in [2.75, 3.05) is 32.7 Å². The number of carbonyl (C=O) groups excluding carboxylic acids is 2. The lowest BCUT2D eigenvalue weighted by molar-refractivity contribution is -0.132. The quantitative estimate of drug-likeness (QED) is 0.820. The highest BCUT2D eigenvalue weighted by Crippen LogP contribution is 2.10. The summed E-state index contributed by atoms with van der Waals surface area (Å²) in [7, 11) is 0. The molecule has 1 saturated heterocycles. The maximum absolute atomic E-state index is 13.6. The number of aromatic nitrogens is 1. The van der Waals surface area contributed by atoms with Crippen molar-refractivity contribution in [2.45, 2.75) is 13.0 Å². The molecule has 6 nitrogen and oxygen atoms in total. The molecule has 0 bridgehead atoms. The first kappa shape index (κ1) is 19.9. The van der Waals surface area contributed by atoms with E-state index in [-0.39, 0.29) is 24.4 Å². The zero-order valence-electron chi connectivity index (χ0n) is 15.4. The Kier molecular flexibility index (Phi) is 6.65. The first-order chi connectivity index (χ1) is 13.5. The summed E-state index contributed by atoms with van der Waals surface area (Å²) in [6.45, 7) is 3.74. The van der Waals surface area contributed by atoms with Crippen molar-refractivity contribution in [1.29, 1.82) is 0 Å². The number of hydrogen-bond acceptors (Lipinski definition) is 4. The van der Waals surface area contributed by atoms with E-state index in [9.17, 15) is 18.4 Å². The van der Waals surface area contributed by atoms with Crippen LogP contribution in [0.3, 0.4) is 0 Å². The molecule has 3 rings (SSSR count). The number of halogens is 2. The zero-order chi connectivity index (χ0) is 19.9. The maximum atomic E-state index is 13.6. The molecule has 28 heavy (non-hydrogen) atoms. The predicted octanol–water partition coefficient (Wildman–Crippen LogP) is 1.82. The second kappa shape index (κ2) is 9.36. The van der Waals surface area contributed by atoms with Gasteiger partial charge >= 0.3 is 0 Å². The van der Waals surface area contributed by atoms with Gasteiger partial charge in [-0.2, -0.15) is 0 Å². The lowest BCUT2D eigenvalue weighted by Crippen LogP contribution is -2.48. The molecular formula is C20H22F2N4O2. The fraction of sp³-hybridized carbons (Fsp3) is 0.350. The van der Waals surface area contributed by atoms with Gasteiger partial charge in [-0.3, -0.25) is 19.5 Å². The van der Waals surface area contributed by atoms with Crippen LogP contribution in [0.15, 0.2) is 42.7 Å². The lowest BCUT2D eigenvalue weighted by atomic mass is 10.2. The lowest BCUT2D eigenvalue weighted by Gasteiger charge is -2.34. The Hall–Kier alpha value is -2.87. The van der Waals surface area contributed by atoms with E-state index in [0.717, 1.165) is 31.8 Å². The second-order valence-electron chi connectivity index (χ2n) is 6.64. The average Bonchev–Trinajstić information content (AvgIpc) is 2.69. The molecule has 1 fully saturated rings. The van der Waals surface area contributed by atoms with Crippen molar-refractivity contribution in [3.05, 3.63) is 65.5 Å². The number of pyridine rings is 1. The highest BCUT2D eigenvalue weighted by molar-refractivity contribution is 5.94. The van der Waals surface area contributed by atoms with E-state index in [0.29, 0.717) is 19.2 Å². The third-order valence-electron chi connectivity index (χ3n) is 4.68. The summed E-state index contributed by atoms with van der Waals surface area (Å²) >= 11 is 0. The molecule has 148 valence electrons. The number of nitrogens with one attached hydrogen (secondary N) is 1. The van der Waals surface area contributed by atoms with E-state index >= 15 is 0 Å². The van der Waals surface area contributed by atoms with Crippen LogP contribution < -0.4 is 5.32 Å². The van der Waals surface area contributed by atoms with Gasteiger partial charge in [0.05, 0.1) is 5.56 Å². The van der Waals surface area contributed by atoms with Crippen LogP contribution in [-0.4, -0.2) is 59.3 Å². The zero-order valence-corrected chi connectivity index (χ0v) is 15.4. The number of carbonyl (C=O) groups is 2. The SMILES string of the molecule is O=C(NCCC(=O)N1CCN(Cc2ccncc2)CC1)c1ccc(F)cc1F. The molecule has 0 unspecified atom stereocenters. The van der Waals surface area contributed by atoms with Gasteiger partial charge < -0.3 is 10.2 Å². The van der Waals surface area contributed by atoms with E-state index in [4.69, 9.17) is 0 Å². The Morgan fingerprint density at radius 3 is 2.43 bits per heavy atom. The highest BCUT2D eigenvalue weighted by atomic mass is 19.1. The molecule has 2 amide bonds. The Labute approximate surface area is 162 Å². The van der Waals surface area contributed by atoms with Crippen LogP contribution in [0.1, 0.15) is 22.3 Å². The van der Waals surface area contributed by atoms with Crippen molar-refractivity contribution in [3.8, 4) is 0 Å². The van der Waals surface area contributed by atoms with Crippen LogP contribution in [-0.2, 0) is 11.3 Å². The monoisotopic (exact) mass is 388 g/mol. The van der Waals surface area contributed by atoms with Gasteiger partial charge in [-0.05, 0) is 29.8 Å². The number of amides is 2. The normalized spacial score (nSPS) is 14.7. The third-order valence-corrected chi connectivity index (χ3v) is 4.68. The molecular weight excluding hydrogens is 366 g/mol. The van der Waals surface area contributed by atoms with E-state index in [2.05, 4.69) is 15.2 Å². The van der Waals surface area contributed by atoms with Crippen molar-refractivity contribution < 1.29 is 18.4 Å². The van der Waals surface area contributed by atoms with Gasteiger partial charge in [-0.25, -0.2) is 8.78 Å². The summed E-state index contributed by atoms with van der Waals surface area (Å²) in [6, 6.07) is 6.72. The Morgan fingerprint density at radius 2 is 1.75 bits per heavy atom. The van der Waals surface area contributed by atoms with Gasteiger partial charge in [0.2, 0.25) is 5.91 Å². The number of piperazine rings is 1. The fourth-order valence-corrected chi connectivity index (χ4v) is 3.11. The van der Waals surface area contributed by atoms with Gasteiger partial charge in [-0.15, -0.1) is 0 Å². The molecule has 0 aliphatic carbocycles. The summed E-state index contributed by atoms with van der Waals surface area (Å²) in [5.74, 6) is -2.38. The van der Waals surface area contributed by atoms with E-state index in [1.165, 1.54) is 5.56 Å². The van der Waals surface area contributed by atoms with Crippen LogP contribution in [0.25, 0.3) is 0 Å². The van der Waals surface area contributed by atoms with Gasteiger partial charge in [-0.1, -0.05) is 0 Å². The minimum atomic E-state index is -0.922. The van der Waals surface area contributed by atoms with E-state index in [1.54, 1.807) is 17.3 Å². The highest BCUT2D eigenvalue weighted by Gasteiger charge is 2.21. The van der Waals surface area contributed by atoms with Crippen molar-refractivity contribution >= 4 is 11.8 Å². The van der Waals surface area contributed by atoms with E-state index in [1.807, 2.05) is 12.1 Å². The molecule has 1 aliphatic heterocycles. The standard InChI is InChI=1S/C20H22F2N4O2/c21-16-1-2-17(18(22)13-16)20(28)24-8-5-19(27)26-11-9-25(10-12-26)14-15-3-6-23-7-4-15/h1-4,6-7,13H,5,8-12,14H2,(H,24,28). The Morgan fingerprint density at radius 1 is 1.04 bits per heavy atom. The van der Waals surface area contributed by atoms with E-state index < -0.39 is 17.5 Å². The smallest absolute Gasteiger partial charge is 0.254 e. The Bertz CT molecular complexity index is 824. The van der Waals surface area contributed by atoms with Crippen molar-refractivity contribution in [1.82, 2.24) is 20.1 Å². The number of benzene rings is 1. The number of hydrogen-bond donors (Lipinski definition) is 1. The molecule has 1 aromatic carbocycles. The van der Waals surface area contributed by atoms with Crippen molar-refractivity contribution in [2.24, 2.45) is 0 Å². The van der Waals surface area contributed by atoms with Crippen LogP contribution in [0, 0.1) is 11.6 Å². The topological polar surface area (TPSA) is 65.5 Å². The van der Waals surface area contributed by atoms with Gasteiger partial charge in [0, 0.05) is 64.1 Å². The molecule has 1 N–H and O–H groups in total. The number of rotatable bonds is 6. The predicted molar refractivity (Wildman–Crippen MR) is 99.4 cm³/mol. The van der Waals surface area contributed by atoms with Crippen LogP contribution >= 0.6 is 0 Å². The number of nitrogens with zero attached hydrogens (tertiary/aromatic N) is 3. The minimum Gasteiger partial charge on any atom is -0.351 e. The fourth-order valence-electron chi connectivity index (χ4n) is 3.11. The van der Waals surface area contributed by atoms with Gasteiger partial charge in [0.15, 0.2) is 0 Å². The first-order valence-electron chi connectivity index (χ1n) is 9.15. The molecule has 1 aromatic heterocycles.